The molecule has 0 radical (unpaired) electrons. The van der Waals surface area contributed by atoms with Gasteiger partial charge in [-0.2, -0.15) is 0 Å². The predicted molar refractivity (Wildman–Crippen MR) is 72.1 cm³/mol. The highest BCUT2D eigenvalue weighted by Gasteiger charge is 2.20. The van der Waals surface area contributed by atoms with E-state index in [4.69, 9.17) is 0 Å². The van der Waals surface area contributed by atoms with Crippen molar-refractivity contribution in [2.45, 2.75) is 19.0 Å². The molecule has 80 valence electrons. The molecular weight excluding hydrogens is 211 g/mol. The van der Waals surface area contributed by atoms with Gasteiger partial charge in [0.2, 0.25) is 0 Å². The smallest absolute Gasteiger partial charge is 0.0316 e. The zero-order valence-electron chi connectivity index (χ0n) is 9.43. The first kappa shape index (κ1) is 9.93. The molecule has 0 N–H and O–H groups in total. The first-order valence-corrected chi connectivity index (χ1v) is 7.42. The van der Waals surface area contributed by atoms with Gasteiger partial charge < -0.3 is 0 Å². The fourth-order valence-corrected chi connectivity index (χ4v) is 4.41. The lowest BCUT2D eigenvalue weighted by atomic mass is 9.99. The van der Waals surface area contributed by atoms with Crippen molar-refractivity contribution in [3.63, 3.8) is 0 Å². The summed E-state index contributed by atoms with van der Waals surface area (Å²) < 4.78 is 0. The lowest BCUT2D eigenvalue weighted by molar-refractivity contribution is 1.08. The Balaban J connectivity index is 2.08. The van der Waals surface area contributed by atoms with Crippen LogP contribution in [0.4, 0.5) is 0 Å². The molecule has 0 bridgehead atoms. The number of rotatable bonds is 2. The van der Waals surface area contributed by atoms with Gasteiger partial charge in [-0.1, -0.05) is 55.5 Å². The average molecular weight is 226 g/mol. The van der Waals surface area contributed by atoms with Crippen molar-refractivity contribution in [2.24, 2.45) is 0 Å². The molecule has 16 heavy (non-hydrogen) atoms. The summed E-state index contributed by atoms with van der Waals surface area (Å²) in [6, 6.07) is 13.3. The molecule has 2 aromatic rings. The largest absolute Gasteiger partial charge is 0.121 e. The van der Waals surface area contributed by atoms with E-state index in [0.717, 1.165) is 0 Å². The van der Waals surface area contributed by atoms with Crippen LogP contribution in [0.5, 0.6) is 0 Å². The molecule has 1 aromatic heterocycles. The summed E-state index contributed by atoms with van der Waals surface area (Å²) >= 11 is 0. The third kappa shape index (κ3) is 1.45. The zero-order chi connectivity index (χ0) is 11.0. The highest BCUT2D eigenvalue weighted by atomic mass is 31.1. The second-order valence-electron chi connectivity index (χ2n) is 4.18. The third-order valence-corrected chi connectivity index (χ3v) is 5.63. The summed E-state index contributed by atoms with van der Waals surface area (Å²) in [7, 11) is -0.0125. The molecule has 0 saturated heterocycles. The number of fused-ring (bicyclic) bond motifs is 1. The Morgan fingerprint density at radius 2 is 2.00 bits per heavy atom. The van der Waals surface area contributed by atoms with Gasteiger partial charge in [-0.25, -0.2) is 0 Å². The highest BCUT2D eigenvalue weighted by Crippen LogP contribution is 2.45. The van der Waals surface area contributed by atoms with Crippen LogP contribution >= 0.6 is 7.53 Å². The lowest BCUT2D eigenvalue weighted by Crippen LogP contribution is -1.92. The Kier molecular flexibility index (Phi) is 2.46. The molecule has 1 aromatic carbocycles. The zero-order valence-corrected chi connectivity index (χ0v) is 10.3. The second kappa shape index (κ2) is 3.96. The lowest BCUT2D eigenvalue weighted by Gasteiger charge is -2.12. The van der Waals surface area contributed by atoms with E-state index in [-0.39, 0.29) is 7.53 Å². The normalized spacial score (nSPS) is 18.8. The quantitative estimate of drug-likeness (QED) is 0.686. The monoisotopic (exact) mass is 226 g/mol. The highest BCUT2D eigenvalue weighted by molar-refractivity contribution is 7.49. The minimum Gasteiger partial charge on any atom is -0.121 e. The summed E-state index contributed by atoms with van der Waals surface area (Å²) in [6.45, 7) is 2.29. The number of hydrogen-bond acceptors (Lipinski definition) is 0. The molecule has 3 rings (SSSR count). The molecule has 1 heterocycles. The summed E-state index contributed by atoms with van der Waals surface area (Å²) in [6.07, 6.45) is 5.89. The molecule has 1 heteroatoms. The average Bonchev–Trinajstić information content (AvgIpc) is 2.94. The molecule has 0 fully saturated rings. The molecule has 0 nitrogen and oxygen atoms in total. The predicted octanol–water partition coefficient (Wildman–Crippen LogP) is 4.85. The van der Waals surface area contributed by atoms with Crippen molar-refractivity contribution in [3.05, 3.63) is 64.7 Å². The van der Waals surface area contributed by atoms with E-state index < -0.39 is 0 Å². The first-order valence-electron chi connectivity index (χ1n) is 5.82. The Labute approximate surface area is 97.7 Å². The van der Waals surface area contributed by atoms with Crippen LogP contribution in [0.2, 0.25) is 0 Å². The van der Waals surface area contributed by atoms with E-state index in [9.17, 15) is 0 Å². The van der Waals surface area contributed by atoms with Crippen molar-refractivity contribution in [1.29, 1.82) is 0 Å². The molecule has 1 aliphatic rings. The minimum absolute atomic E-state index is 0.0125. The van der Waals surface area contributed by atoms with Gasteiger partial charge in [0.05, 0.1) is 0 Å². The van der Waals surface area contributed by atoms with Crippen LogP contribution in [-0.2, 0) is 6.16 Å². The standard InChI is InChI=1S/C15H15P/c1-2-16-11-5-8-15(16)14-10-9-12-6-3-4-7-13(12)14/h3-11,14H,2H2,1H3. The minimum atomic E-state index is -0.0125. The molecule has 0 saturated carbocycles. The Hall–Kier alpha value is -1.26. The molecule has 0 aliphatic heterocycles. The van der Waals surface area contributed by atoms with Crippen LogP contribution in [0.15, 0.2) is 48.3 Å². The first-order chi connectivity index (χ1) is 7.90. The SMILES string of the molecule is CCp1cccc1C1C=Cc2ccccc21. The van der Waals surface area contributed by atoms with Gasteiger partial charge in [0.15, 0.2) is 0 Å². The van der Waals surface area contributed by atoms with Gasteiger partial charge >= 0.3 is 0 Å². The van der Waals surface area contributed by atoms with E-state index in [1.807, 2.05) is 0 Å². The second-order valence-corrected chi connectivity index (χ2v) is 6.57. The van der Waals surface area contributed by atoms with E-state index in [1.54, 1.807) is 5.30 Å². The van der Waals surface area contributed by atoms with Crippen LogP contribution in [-0.4, -0.2) is 0 Å². The number of allylic oxidation sites excluding steroid dienone is 1. The van der Waals surface area contributed by atoms with Gasteiger partial charge in [-0.05, 0) is 28.4 Å². The Morgan fingerprint density at radius 1 is 1.12 bits per heavy atom. The number of aryl methyl sites for hydroxylation is 1. The van der Waals surface area contributed by atoms with Crippen molar-refractivity contribution in [1.82, 2.24) is 0 Å². The van der Waals surface area contributed by atoms with Gasteiger partial charge in [-0.15, -0.1) is 7.53 Å². The Bertz CT molecular complexity index is 534. The Morgan fingerprint density at radius 3 is 2.88 bits per heavy atom. The van der Waals surface area contributed by atoms with Gasteiger partial charge in [0.25, 0.3) is 0 Å². The van der Waals surface area contributed by atoms with Crippen molar-refractivity contribution in [3.8, 4) is 0 Å². The van der Waals surface area contributed by atoms with E-state index in [1.165, 1.54) is 17.3 Å². The van der Waals surface area contributed by atoms with Crippen LogP contribution in [0.25, 0.3) is 6.08 Å². The van der Waals surface area contributed by atoms with Gasteiger partial charge in [-0.3, -0.25) is 0 Å². The number of benzene rings is 1. The number of hydrogen-bond donors (Lipinski definition) is 0. The maximum absolute atomic E-state index is 2.39. The summed E-state index contributed by atoms with van der Waals surface area (Å²) in [5, 5.41) is 1.62. The van der Waals surface area contributed by atoms with Crippen LogP contribution in [0.3, 0.4) is 0 Å². The molecule has 2 atom stereocenters. The van der Waals surface area contributed by atoms with Crippen molar-refractivity contribution >= 4 is 13.6 Å². The van der Waals surface area contributed by atoms with E-state index in [0.29, 0.717) is 5.92 Å². The van der Waals surface area contributed by atoms with E-state index >= 15 is 0 Å². The summed E-state index contributed by atoms with van der Waals surface area (Å²) in [5.74, 6) is 2.93. The molecule has 0 amide bonds. The third-order valence-electron chi connectivity index (χ3n) is 3.32. The summed E-state index contributed by atoms with van der Waals surface area (Å²) in [5.41, 5.74) is 2.88. The molecule has 1 aliphatic carbocycles. The van der Waals surface area contributed by atoms with Crippen LogP contribution < -0.4 is 0 Å². The van der Waals surface area contributed by atoms with Crippen molar-refractivity contribution in [2.75, 3.05) is 0 Å². The fraction of sp³-hybridized carbons (Fsp3) is 0.200. The van der Waals surface area contributed by atoms with Crippen LogP contribution in [0, 0.1) is 0 Å². The van der Waals surface area contributed by atoms with Crippen LogP contribution in [0.1, 0.15) is 29.3 Å². The fourth-order valence-electron chi connectivity index (χ4n) is 2.50. The molecular formula is C15H15P. The molecule has 0 spiro atoms. The molecule has 2 unspecified atom stereocenters. The van der Waals surface area contributed by atoms with Gasteiger partial charge in [0, 0.05) is 5.92 Å². The van der Waals surface area contributed by atoms with E-state index in [2.05, 4.69) is 61.3 Å². The topological polar surface area (TPSA) is 0 Å². The maximum Gasteiger partial charge on any atom is 0.0316 e. The maximum atomic E-state index is 2.39. The van der Waals surface area contributed by atoms with Crippen molar-refractivity contribution < 1.29 is 0 Å². The summed E-state index contributed by atoms with van der Waals surface area (Å²) in [4.78, 5) is 0. The van der Waals surface area contributed by atoms with Gasteiger partial charge in [0.1, 0.15) is 0 Å².